The molecule has 0 atom stereocenters. The Bertz CT molecular complexity index is 1360. The molecule has 156 valence electrons. The van der Waals surface area contributed by atoms with Crippen molar-refractivity contribution in [3.8, 4) is 0 Å². The summed E-state index contributed by atoms with van der Waals surface area (Å²) in [6.45, 7) is 1.87. The van der Waals surface area contributed by atoms with Crippen molar-refractivity contribution in [1.82, 2.24) is 0 Å². The minimum Gasteiger partial charge on any atom is -0.351 e. The third kappa shape index (κ3) is 4.42. The number of sulfonamides is 1. The lowest BCUT2D eigenvalue weighted by Gasteiger charge is -2.19. The van der Waals surface area contributed by atoms with Crippen LogP contribution in [0.2, 0.25) is 10.0 Å². The molecule has 1 aliphatic rings. The van der Waals surface area contributed by atoms with Gasteiger partial charge in [-0.2, -0.15) is 12.8 Å². The van der Waals surface area contributed by atoms with Gasteiger partial charge in [-0.05, 0) is 43.3 Å². The number of hydrogen-bond acceptors (Lipinski definition) is 4. The smallest absolute Gasteiger partial charge is 0.282 e. The van der Waals surface area contributed by atoms with Crippen molar-refractivity contribution in [2.45, 2.75) is 11.8 Å². The van der Waals surface area contributed by atoms with E-state index in [0.717, 1.165) is 5.56 Å². The summed E-state index contributed by atoms with van der Waals surface area (Å²) >= 11 is 12.3. The lowest BCUT2D eigenvalue weighted by atomic mass is 9.92. The first-order chi connectivity index (χ1) is 14.7. The third-order valence-corrected chi connectivity index (χ3v) is 6.58. The van der Waals surface area contributed by atoms with E-state index in [1.807, 2.05) is 6.92 Å². The fourth-order valence-electron chi connectivity index (χ4n) is 3.13. The van der Waals surface area contributed by atoms with Gasteiger partial charge in [-0.1, -0.05) is 65.2 Å². The first kappa shape index (κ1) is 21.3. The van der Waals surface area contributed by atoms with E-state index in [1.165, 1.54) is 18.2 Å². The fourth-order valence-corrected chi connectivity index (χ4v) is 4.46. The predicted molar refractivity (Wildman–Crippen MR) is 124 cm³/mol. The Hall–Kier alpha value is -2.93. The van der Waals surface area contributed by atoms with Gasteiger partial charge in [0.2, 0.25) is 5.78 Å². The summed E-state index contributed by atoms with van der Waals surface area (Å²) in [4.78, 5) is 13.1. The van der Waals surface area contributed by atoms with Gasteiger partial charge in [-0.3, -0.25) is 4.79 Å². The number of carbonyl (C=O) groups excluding carboxylic acids is 1. The van der Waals surface area contributed by atoms with E-state index in [4.69, 9.17) is 23.2 Å². The SMILES string of the molecule is Cc1ccc(S(=O)(=O)/N=C2/C=C(Nc3cc(Cl)ccc3Cl)C(=O)c3ccccc32)cc1. The van der Waals surface area contributed by atoms with E-state index in [-0.39, 0.29) is 22.1 Å². The molecule has 1 aliphatic carbocycles. The van der Waals surface area contributed by atoms with Gasteiger partial charge in [-0.25, -0.2) is 0 Å². The second kappa shape index (κ2) is 8.30. The number of carbonyl (C=O) groups is 1. The van der Waals surface area contributed by atoms with E-state index in [9.17, 15) is 13.2 Å². The van der Waals surface area contributed by atoms with Crippen LogP contribution in [0.15, 0.2) is 87.8 Å². The number of allylic oxidation sites excluding steroid dienone is 2. The van der Waals surface area contributed by atoms with Crippen LogP contribution in [-0.4, -0.2) is 19.9 Å². The summed E-state index contributed by atoms with van der Waals surface area (Å²) in [5.74, 6) is -0.307. The van der Waals surface area contributed by atoms with Gasteiger partial charge in [0, 0.05) is 16.1 Å². The largest absolute Gasteiger partial charge is 0.351 e. The Balaban J connectivity index is 1.83. The second-order valence-corrected chi connectivity index (χ2v) is 9.39. The number of nitrogens with zero attached hydrogens (tertiary/aromatic N) is 1. The highest BCUT2D eigenvalue weighted by Gasteiger charge is 2.26. The number of aryl methyl sites for hydroxylation is 1. The third-order valence-electron chi connectivity index (χ3n) is 4.71. The van der Waals surface area contributed by atoms with Crippen molar-refractivity contribution in [3.05, 3.63) is 105 Å². The summed E-state index contributed by atoms with van der Waals surface area (Å²) in [5.41, 5.74) is 2.42. The zero-order valence-corrected chi connectivity index (χ0v) is 18.6. The van der Waals surface area contributed by atoms with E-state index < -0.39 is 10.0 Å². The lowest BCUT2D eigenvalue weighted by molar-refractivity contribution is 0.103. The Morgan fingerprint density at radius 3 is 2.29 bits per heavy atom. The number of anilines is 1. The number of Topliss-reactive ketones (excluding diaryl/α,β-unsaturated/α-hetero) is 1. The zero-order valence-electron chi connectivity index (χ0n) is 16.3. The van der Waals surface area contributed by atoms with Crippen LogP contribution in [0.5, 0.6) is 0 Å². The standard InChI is InChI=1S/C23H16Cl2N2O3S/c1-14-6-9-16(10-7-14)31(29,30)27-20-13-22(23(28)18-5-3-2-4-17(18)20)26-21-12-15(24)8-11-19(21)25/h2-13,26H,1H3/b27-20-. The van der Waals surface area contributed by atoms with Gasteiger partial charge in [0.05, 0.1) is 27.0 Å². The molecule has 3 aromatic carbocycles. The monoisotopic (exact) mass is 470 g/mol. The molecule has 0 unspecified atom stereocenters. The quantitative estimate of drug-likeness (QED) is 0.532. The van der Waals surface area contributed by atoms with Crippen LogP contribution in [0.4, 0.5) is 5.69 Å². The van der Waals surface area contributed by atoms with Crippen LogP contribution >= 0.6 is 23.2 Å². The van der Waals surface area contributed by atoms with Crippen LogP contribution in [0.1, 0.15) is 21.5 Å². The summed E-state index contributed by atoms with van der Waals surface area (Å²) in [5, 5.41) is 3.76. The summed E-state index contributed by atoms with van der Waals surface area (Å²) in [6, 6.07) is 17.9. The number of benzene rings is 3. The van der Waals surface area contributed by atoms with E-state index in [2.05, 4.69) is 9.71 Å². The van der Waals surface area contributed by atoms with Crippen molar-refractivity contribution >= 4 is 50.4 Å². The van der Waals surface area contributed by atoms with E-state index in [1.54, 1.807) is 54.6 Å². The van der Waals surface area contributed by atoms with Crippen molar-refractivity contribution in [1.29, 1.82) is 0 Å². The van der Waals surface area contributed by atoms with Crippen LogP contribution < -0.4 is 5.32 Å². The molecule has 0 radical (unpaired) electrons. The number of fused-ring (bicyclic) bond motifs is 1. The van der Waals surface area contributed by atoms with E-state index in [0.29, 0.717) is 26.9 Å². The molecule has 0 saturated carbocycles. The molecule has 0 fully saturated rings. The highest BCUT2D eigenvalue weighted by molar-refractivity contribution is 7.90. The number of rotatable bonds is 4. The van der Waals surface area contributed by atoms with Crippen LogP contribution in [0, 0.1) is 6.92 Å². The highest BCUT2D eigenvalue weighted by atomic mass is 35.5. The van der Waals surface area contributed by atoms with Gasteiger partial charge in [0.25, 0.3) is 10.0 Å². The Morgan fingerprint density at radius 2 is 1.58 bits per heavy atom. The number of hydrogen-bond donors (Lipinski definition) is 1. The maximum Gasteiger partial charge on any atom is 0.282 e. The molecule has 3 aromatic rings. The van der Waals surface area contributed by atoms with Crippen molar-refractivity contribution < 1.29 is 13.2 Å². The second-order valence-electron chi connectivity index (χ2n) is 6.95. The lowest BCUT2D eigenvalue weighted by Crippen LogP contribution is -2.22. The topological polar surface area (TPSA) is 75.6 Å². The minimum atomic E-state index is -3.99. The molecule has 0 saturated heterocycles. The number of ketones is 1. The van der Waals surface area contributed by atoms with Crippen LogP contribution in [0.3, 0.4) is 0 Å². The minimum absolute atomic E-state index is 0.0702. The average molecular weight is 471 g/mol. The van der Waals surface area contributed by atoms with Crippen LogP contribution in [-0.2, 0) is 10.0 Å². The summed E-state index contributed by atoms with van der Waals surface area (Å²) in [6.07, 6.45) is 1.41. The molecule has 0 amide bonds. The predicted octanol–water partition coefficient (Wildman–Crippen LogP) is 5.67. The maximum atomic E-state index is 13.0. The zero-order chi connectivity index (χ0) is 22.2. The molecular weight excluding hydrogens is 455 g/mol. The van der Waals surface area contributed by atoms with Gasteiger partial charge < -0.3 is 5.32 Å². The fraction of sp³-hybridized carbons (Fsp3) is 0.0435. The first-order valence-corrected chi connectivity index (χ1v) is 11.4. The Labute approximate surface area is 190 Å². The molecule has 0 heterocycles. The molecular formula is C23H16Cl2N2O3S. The van der Waals surface area contributed by atoms with Crippen molar-refractivity contribution in [3.63, 3.8) is 0 Å². The van der Waals surface area contributed by atoms with Crippen molar-refractivity contribution in [2.75, 3.05) is 5.32 Å². The average Bonchev–Trinajstić information content (AvgIpc) is 2.74. The normalized spacial score (nSPS) is 14.9. The van der Waals surface area contributed by atoms with Gasteiger partial charge in [0.15, 0.2) is 0 Å². The maximum absolute atomic E-state index is 13.0. The molecule has 8 heteroatoms. The van der Waals surface area contributed by atoms with Gasteiger partial charge in [0.1, 0.15) is 0 Å². The molecule has 4 rings (SSSR count). The molecule has 1 N–H and O–H groups in total. The number of nitrogens with one attached hydrogen (secondary N) is 1. The highest BCUT2D eigenvalue weighted by Crippen LogP contribution is 2.30. The van der Waals surface area contributed by atoms with E-state index >= 15 is 0 Å². The van der Waals surface area contributed by atoms with Crippen LogP contribution in [0.25, 0.3) is 0 Å². The van der Waals surface area contributed by atoms with Crippen molar-refractivity contribution in [2.24, 2.45) is 4.40 Å². The molecule has 0 aliphatic heterocycles. The Morgan fingerprint density at radius 1 is 0.903 bits per heavy atom. The first-order valence-electron chi connectivity index (χ1n) is 9.24. The summed E-state index contributed by atoms with van der Waals surface area (Å²) < 4.78 is 29.8. The Kier molecular flexibility index (Phi) is 5.71. The molecule has 0 aromatic heterocycles. The number of halogens is 2. The molecule has 0 bridgehead atoms. The molecule has 5 nitrogen and oxygen atoms in total. The summed E-state index contributed by atoms with van der Waals surface area (Å²) in [7, 11) is -3.99. The molecule has 31 heavy (non-hydrogen) atoms. The molecule has 0 spiro atoms. The van der Waals surface area contributed by atoms with Gasteiger partial charge >= 0.3 is 0 Å². The van der Waals surface area contributed by atoms with Gasteiger partial charge in [-0.15, -0.1) is 0 Å².